The van der Waals surface area contributed by atoms with Gasteiger partial charge in [0.05, 0.1) is 6.61 Å². The van der Waals surface area contributed by atoms with Gasteiger partial charge in [-0.25, -0.2) is 4.79 Å². The van der Waals surface area contributed by atoms with Crippen molar-refractivity contribution in [3.63, 3.8) is 0 Å². The Morgan fingerprint density at radius 1 is 1.62 bits per heavy atom. The molecule has 1 unspecified atom stereocenters. The van der Waals surface area contributed by atoms with Gasteiger partial charge in [0.25, 0.3) is 0 Å². The van der Waals surface area contributed by atoms with Crippen LogP contribution in [0.25, 0.3) is 0 Å². The van der Waals surface area contributed by atoms with Crippen molar-refractivity contribution in [2.45, 2.75) is 12.5 Å². The molecule has 0 amide bonds. The number of hydrogen-bond acceptors (Lipinski definition) is 4. The van der Waals surface area contributed by atoms with E-state index in [0.717, 1.165) is 4.88 Å². The topological polar surface area (TPSA) is 83.5 Å². The Kier molecular flexibility index (Phi) is 3.41. The van der Waals surface area contributed by atoms with Crippen LogP contribution in [0, 0.1) is 0 Å². The molecule has 0 saturated heterocycles. The number of aromatic carboxylic acids is 1. The van der Waals surface area contributed by atoms with E-state index >= 15 is 0 Å². The van der Waals surface area contributed by atoms with Crippen molar-refractivity contribution in [3.8, 4) is 0 Å². The quantitative estimate of drug-likeness (QED) is 0.654. The predicted octanol–water partition coefficient (Wildman–Crippen LogP) is 0.308. The lowest BCUT2D eigenvalue weighted by atomic mass is 10.2. The molecule has 1 aromatic rings. The van der Waals surface area contributed by atoms with Crippen LogP contribution < -0.4 is 5.73 Å². The third-order valence-corrected chi connectivity index (χ3v) is 2.67. The predicted molar refractivity (Wildman–Crippen MR) is 50.0 cm³/mol. The molecule has 1 heterocycles. The SMILES string of the molecule is NC(CO)Cc1ccc(C(=O)O)s1. The zero-order valence-corrected chi connectivity index (χ0v) is 7.75. The molecule has 0 aromatic carbocycles. The van der Waals surface area contributed by atoms with Crippen molar-refractivity contribution in [2.24, 2.45) is 5.73 Å². The van der Waals surface area contributed by atoms with Crippen LogP contribution in [0.15, 0.2) is 12.1 Å². The van der Waals surface area contributed by atoms with Crippen LogP contribution >= 0.6 is 11.3 Å². The Labute approximate surface area is 79.6 Å². The van der Waals surface area contributed by atoms with E-state index in [2.05, 4.69) is 0 Å². The summed E-state index contributed by atoms with van der Waals surface area (Å²) in [6.45, 7) is -0.0830. The maximum atomic E-state index is 10.5. The summed E-state index contributed by atoms with van der Waals surface area (Å²) in [5.41, 5.74) is 5.50. The molecule has 1 aromatic heterocycles. The molecule has 0 aliphatic carbocycles. The summed E-state index contributed by atoms with van der Waals surface area (Å²) < 4.78 is 0. The Morgan fingerprint density at radius 3 is 2.77 bits per heavy atom. The standard InChI is InChI=1S/C8H11NO3S/c9-5(4-10)3-6-1-2-7(13-6)8(11)12/h1-2,5,10H,3-4,9H2,(H,11,12). The molecule has 13 heavy (non-hydrogen) atoms. The fourth-order valence-electron chi connectivity index (χ4n) is 0.926. The minimum absolute atomic E-state index is 0.0830. The zero-order valence-electron chi connectivity index (χ0n) is 6.93. The number of hydrogen-bond donors (Lipinski definition) is 3. The second-order valence-corrected chi connectivity index (χ2v) is 3.89. The lowest BCUT2D eigenvalue weighted by Gasteiger charge is -2.04. The lowest BCUT2D eigenvalue weighted by molar-refractivity contribution is 0.0702. The van der Waals surface area contributed by atoms with E-state index in [1.54, 1.807) is 12.1 Å². The van der Waals surface area contributed by atoms with Gasteiger partial charge in [0.2, 0.25) is 0 Å². The summed E-state index contributed by atoms with van der Waals surface area (Å²) in [4.78, 5) is 11.7. The molecule has 1 atom stereocenters. The fraction of sp³-hybridized carbons (Fsp3) is 0.375. The van der Waals surface area contributed by atoms with Crippen molar-refractivity contribution in [2.75, 3.05) is 6.61 Å². The van der Waals surface area contributed by atoms with Crippen LogP contribution in [0.3, 0.4) is 0 Å². The summed E-state index contributed by atoms with van der Waals surface area (Å²) >= 11 is 1.19. The molecular formula is C8H11NO3S. The van der Waals surface area contributed by atoms with Crippen LogP contribution in [-0.4, -0.2) is 28.8 Å². The zero-order chi connectivity index (χ0) is 9.84. The van der Waals surface area contributed by atoms with Gasteiger partial charge < -0.3 is 15.9 Å². The highest BCUT2D eigenvalue weighted by Gasteiger charge is 2.09. The van der Waals surface area contributed by atoms with Crippen molar-refractivity contribution < 1.29 is 15.0 Å². The highest BCUT2D eigenvalue weighted by atomic mass is 32.1. The van der Waals surface area contributed by atoms with Gasteiger partial charge in [0, 0.05) is 10.9 Å². The number of aliphatic hydroxyl groups excluding tert-OH is 1. The van der Waals surface area contributed by atoms with Crippen LogP contribution in [0.5, 0.6) is 0 Å². The van der Waals surface area contributed by atoms with Crippen molar-refractivity contribution in [3.05, 3.63) is 21.9 Å². The first kappa shape index (κ1) is 10.2. The number of carboxylic acids is 1. The smallest absolute Gasteiger partial charge is 0.345 e. The van der Waals surface area contributed by atoms with Gasteiger partial charge in [0.1, 0.15) is 4.88 Å². The third-order valence-electron chi connectivity index (χ3n) is 1.57. The molecule has 5 heteroatoms. The summed E-state index contributed by atoms with van der Waals surface area (Å²) in [6.07, 6.45) is 0.522. The lowest BCUT2D eigenvalue weighted by Crippen LogP contribution is -2.26. The largest absolute Gasteiger partial charge is 0.477 e. The van der Waals surface area contributed by atoms with Crippen molar-refractivity contribution in [1.82, 2.24) is 0 Å². The summed E-state index contributed by atoms with van der Waals surface area (Å²) in [5.74, 6) is -0.922. The van der Waals surface area contributed by atoms with Gasteiger partial charge >= 0.3 is 5.97 Å². The normalized spacial score (nSPS) is 12.8. The van der Waals surface area contributed by atoms with Crippen LogP contribution in [0.4, 0.5) is 0 Å². The van der Waals surface area contributed by atoms with Gasteiger partial charge in [0.15, 0.2) is 0 Å². The molecule has 0 aliphatic rings. The molecule has 4 nitrogen and oxygen atoms in total. The molecule has 0 bridgehead atoms. The molecular weight excluding hydrogens is 190 g/mol. The summed E-state index contributed by atoms with van der Waals surface area (Å²) in [6, 6.07) is 2.97. The van der Waals surface area contributed by atoms with E-state index in [9.17, 15) is 4.79 Å². The maximum Gasteiger partial charge on any atom is 0.345 e. The highest BCUT2D eigenvalue weighted by molar-refractivity contribution is 7.13. The summed E-state index contributed by atoms with van der Waals surface area (Å²) in [7, 11) is 0. The number of aliphatic hydroxyl groups is 1. The van der Waals surface area contributed by atoms with Crippen LogP contribution in [-0.2, 0) is 6.42 Å². The average molecular weight is 201 g/mol. The molecule has 0 radical (unpaired) electrons. The second kappa shape index (κ2) is 4.36. The molecule has 4 N–H and O–H groups in total. The van der Waals surface area contributed by atoms with E-state index in [1.807, 2.05) is 0 Å². The summed E-state index contributed by atoms with van der Waals surface area (Å²) in [5, 5.41) is 17.3. The minimum atomic E-state index is -0.922. The second-order valence-electron chi connectivity index (χ2n) is 2.72. The monoisotopic (exact) mass is 201 g/mol. The van der Waals surface area contributed by atoms with Crippen LogP contribution in [0.1, 0.15) is 14.5 Å². The van der Waals surface area contributed by atoms with Crippen molar-refractivity contribution >= 4 is 17.3 Å². The molecule has 0 saturated carbocycles. The van der Waals surface area contributed by atoms with Gasteiger partial charge in [-0.3, -0.25) is 0 Å². The van der Waals surface area contributed by atoms with E-state index in [-0.39, 0.29) is 12.6 Å². The average Bonchev–Trinajstić information content (AvgIpc) is 2.52. The Bertz CT molecular complexity index is 297. The number of nitrogens with two attached hydrogens (primary N) is 1. The Hall–Kier alpha value is -0.910. The Balaban J connectivity index is 2.64. The molecule has 1 rings (SSSR count). The minimum Gasteiger partial charge on any atom is -0.477 e. The van der Waals surface area contributed by atoms with E-state index < -0.39 is 5.97 Å². The number of carboxylic acid groups (broad SMARTS) is 1. The van der Waals surface area contributed by atoms with Gasteiger partial charge in [-0.05, 0) is 18.6 Å². The van der Waals surface area contributed by atoms with Gasteiger partial charge in [-0.1, -0.05) is 0 Å². The van der Waals surface area contributed by atoms with E-state index in [0.29, 0.717) is 11.3 Å². The molecule has 0 fully saturated rings. The number of carbonyl (C=O) groups is 1. The van der Waals surface area contributed by atoms with Crippen LogP contribution in [0.2, 0.25) is 0 Å². The molecule has 0 aliphatic heterocycles. The first-order valence-electron chi connectivity index (χ1n) is 3.82. The van der Waals surface area contributed by atoms with E-state index in [1.165, 1.54) is 11.3 Å². The fourth-order valence-corrected chi connectivity index (χ4v) is 1.86. The number of thiophene rings is 1. The van der Waals surface area contributed by atoms with E-state index in [4.69, 9.17) is 15.9 Å². The molecule has 0 spiro atoms. The van der Waals surface area contributed by atoms with Gasteiger partial charge in [-0.15, -0.1) is 11.3 Å². The van der Waals surface area contributed by atoms with Gasteiger partial charge in [-0.2, -0.15) is 0 Å². The number of rotatable bonds is 4. The maximum absolute atomic E-state index is 10.5. The third kappa shape index (κ3) is 2.80. The first-order valence-corrected chi connectivity index (χ1v) is 4.63. The highest BCUT2D eigenvalue weighted by Crippen LogP contribution is 2.17. The molecule has 72 valence electrons. The Morgan fingerprint density at radius 2 is 2.31 bits per heavy atom. The van der Waals surface area contributed by atoms with Crippen molar-refractivity contribution in [1.29, 1.82) is 0 Å². The first-order chi connectivity index (χ1) is 6.13.